The maximum Gasteiger partial charge on any atom is 0.0281 e. The molecule has 3 atom stereocenters. The average Bonchev–Trinajstić information content (AvgIpc) is 2.71. The van der Waals surface area contributed by atoms with Crippen LogP contribution in [0.2, 0.25) is 0 Å². The molecule has 0 aromatic rings. The number of piperazine rings is 3. The van der Waals surface area contributed by atoms with E-state index in [4.69, 9.17) is 0 Å². The summed E-state index contributed by atoms with van der Waals surface area (Å²) < 4.78 is 0. The van der Waals surface area contributed by atoms with Crippen molar-refractivity contribution in [2.75, 3.05) is 78.5 Å². The molecule has 0 saturated carbocycles. The van der Waals surface area contributed by atoms with Crippen molar-refractivity contribution in [3.63, 3.8) is 0 Å². The summed E-state index contributed by atoms with van der Waals surface area (Å²) in [4.78, 5) is 13.5. The maximum atomic E-state index is 3.47. The molecule has 0 spiro atoms. The van der Waals surface area contributed by atoms with Gasteiger partial charge in [0.25, 0.3) is 0 Å². The second kappa shape index (κ2) is 10.6. The Morgan fingerprint density at radius 1 is 0.833 bits per heavy atom. The molecule has 3 unspecified atom stereocenters. The van der Waals surface area contributed by atoms with Crippen molar-refractivity contribution in [2.24, 2.45) is 0 Å². The van der Waals surface area contributed by atoms with Gasteiger partial charge in [0.05, 0.1) is 0 Å². The van der Waals surface area contributed by atoms with Crippen LogP contribution >= 0.6 is 0 Å². The minimum Gasteiger partial charge on any atom is -0.314 e. The predicted octanol–water partition coefficient (Wildman–Crippen LogP) is 1.48. The Kier molecular flexibility index (Phi) is 8.61. The molecule has 3 saturated heterocycles. The molecule has 0 aromatic carbocycles. The highest BCUT2D eigenvalue weighted by atomic mass is 15.4. The molecule has 0 bridgehead atoms. The van der Waals surface area contributed by atoms with Crippen LogP contribution in [0.5, 0.6) is 0 Å². The first-order valence-corrected chi connectivity index (χ1v) is 12.6. The van der Waals surface area contributed by atoms with Crippen molar-refractivity contribution in [3.8, 4) is 0 Å². The first-order valence-electron chi connectivity index (χ1n) is 12.6. The molecule has 6 heteroatoms. The Bertz CT molecular complexity index is 498. The molecule has 0 amide bonds. The lowest BCUT2D eigenvalue weighted by molar-refractivity contribution is -0.0293. The Morgan fingerprint density at radius 3 is 1.93 bits per heavy atom. The number of nitrogens with zero attached hydrogens (tertiary/aromatic N) is 5. The fraction of sp³-hybridized carbons (Fsp3) is 1.00. The van der Waals surface area contributed by atoms with Gasteiger partial charge in [-0.1, -0.05) is 0 Å². The van der Waals surface area contributed by atoms with E-state index in [0.29, 0.717) is 24.2 Å². The Balaban J connectivity index is 1.47. The van der Waals surface area contributed by atoms with Crippen LogP contribution in [0.15, 0.2) is 0 Å². The van der Waals surface area contributed by atoms with Gasteiger partial charge in [-0.2, -0.15) is 0 Å². The van der Waals surface area contributed by atoms with E-state index in [1.807, 2.05) is 0 Å². The molecule has 0 aliphatic carbocycles. The van der Waals surface area contributed by atoms with E-state index in [-0.39, 0.29) is 5.54 Å². The second-order valence-electron chi connectivity index (χ2n) is 11.2. The van der Waals surface area contributed by atoms with E-state index in [0.717, 1.165) is 13.1 Å². The van der Waals surface area contributed by atoms with Gasteiger partial charge in [0, 0.05) is 108 Å². The zero-order valence-electron chi connectivity index (χ0n) is 21.0. The molecular formula is C24H50N6. The third-order valence-corrected chi connectivity index (χ3v) is 7.96. The molecule has 1 N–H and O–H groups in total. The van der Waals surface area contributed by atoms with Crippen LogP contribution in [0.25, 0.3) is 0 Å². The van der Waals surface area contributed by atoms with Crippen molar-refractivity contribution in [1.29, 1.82) is 0 Å². The molecule has 3 rings (SSSR count). The molecule has 3 heterocycles. The van der Waals surface area contributed by atoms with Gasteiger partial charge in [0.1, 0.15) is 0 Å². The van der Waals surface area contributed by atoms with Crippen LogP contribution in [0.4, 0.5) is 0 Å². The summed E-state index contributed by atoms with van der Waals surface area (Å²) in [6, 6.07) is 2.60. The quantitative estimate of drug-likeness (QED) is 0.668. The second-order valence-corrected chi connectivity index (χ2v) is 11.2. The minimum absolute atomic E-state index is 0.235. The van der Waals surface area contributed by atoms with Crippen LogP contribution in [0, 0.1) is 0 Å². The van der Waals surface area contributed by atoms with Gasteiger partial charge < -0.3 is 5.32 Å². The first kappa shape index (κ1) is 24.4. The van der Waals surface area contributed by atoms with Crippen molar-refractivity contribution < 1.29 is 0 Å². The van der Waals surface area contributed by atoms with Crippen LogP contribution in [0.3, 0.4) is 0 Å². The van der Waals surface area contributed by atoms with Crippen molar-refractivity contribution in [1.82, 2.24) is 29.8 Å². The Morgan fingerprint density at radius 2 is 1.40 bits per heavy atom. The molecule has 30 heavy (non-hydrogen) atoms. The molecule has 3 aliphatic rings. The monoisotopic (exact) mass is 422 g/mol. The number of nitrogens with one attached hydrogen (secondary N) is 1. The van der Waals surface area contributed by atoms with E-state index in [2.05, 4.69) is 78.3 Å². The van der Waals surface area contributed by atoms with E-state index in [9.17, 15) is 0 Å². The molecule has 3 aliphatic heterocycles. The summed E-state index contributed by atoms with van der Waals surface area (Å²) in [6.07, 6.45) is 0. The highest BCUT2D eigenvalue weighted by Gasteiger charge is 2.37. The molecule has 176 valence electrons. The Hall–Kier alpha value is -0.240. The fourth-order valence-electron chi connectivity index (χ4n) is 5.83. The van der Waals surface area contributed by atoms with Crippen molar-refractivity contribution in [3.05, 3.63) is 0 Å². The molecule has 6 nitrogen and oxygen atoms in total. The smallest absolute Gasteiger partial charge is 0.0281 e. The van der Waals surface area contributed by atoms with Gasteiger partial charge in [0.2, 0.25) is 0 Å². The normalized spacial score (nSPS) is 30.8. The fourth-order valence-corrected chi connectivity index (χ4v) is 5.83. The zero-order valence-corrected chi connectivity index (χ0v) is 21.0. The van der Waals surface area contributed by atoms with E-state index in [1.165, 1.54) is 65.4 Å². The lowest BCUT2D eigenvalue weighted by Crippen LogP contribution is -2.64. The molecule has 0 radical (unpaired) electrons. The number of hydrogen-bond donors (Lipinski definition) is 1. The molecule has 0 aromatic heterocycles. The van der Waals surface area contributed by atoms with Crippen molar-refractivity contribution >= 4 is 0 Å². The van der Waals surface area contributed by atoms with Crippen LogP contribution in [-0.4, -0.2) is 133 Å². The van der Waals surface area contributed by atoms with E-state index in [1.54, 1.807) is 0 Å². The van der Waals surface area contributed by atoms with E-state index >= 15 is 0 Å². The minimum atomic E-state index is 0.235. The summed E-state index contributed by atoms with van der Waals surface area (Å²) >= 11 is 0. The van der Waals surface area contributed by atoms with Gasteiger partial charge in [0.15, 0.2) is 0 Å². The molecule has 3 fully saturated rings. The third kappa shape index (κ3) is 6.17. The first-order chi connectivity index (χ1) is 14.2. The van der Waals surface area contributed by atoms with Gasteiger partial charge in [-0.3, -0.25) is 24.5 Å². The summed E-state index contributed by atoms with van der Waals surface area (Å²) in [5, 5.41) is 3.47. The van der Waals surface area contributed by atoms with E-state index < -0.39 is 0 Å². The zero-order chi connectivity index (χ0) is 21.9. The van der Waals surface area contributed by atoms with Crippen molar-refractivity contribution in [2.45, 2.75) is 78.2 Å². The van der Waals surface area contributed by atoms with Crippen LogP contribution in [0.1, 0.15) is 48.5 Å². The summed E-state index contributed by atoms with van der Waals surface area (Å²) in [7, 11) is 0. The Labute approximate surface area is 186 Å². The lowest BCUT2D eigenvalue weighted by atomic mass is 9.96. The van der Waals surface area contributed by atoms with Gasteiger partial charge in [-0.25, -0.2) is 0 Å². The maximum absolute atomic E-state index is 3.47. The van der Waals surface area contributed by atoms with Crippen LogP contribution < -0.4 is 5.32 Å². The van der Waals surface area contributed by atoms with Gasteiger partial charge in [-0.05, 0) is 48.5 Å². The summed E-state index contributed by atoms with van der Waals surface area (Å²) in [6.45, 7) is 31.2. The standard InChI is InChI=1S/C24H50N6/c1-20(2)28-17-22(4)30(23(5)18-28)19-24(6,7)29-14-12-26(13-15-29)16-21(3)27-10-8-25-9-11-27/h20-23,25H,8-19H2,1-7H3. The largest absolute Gasteiger partial charge is 0.314 e. The van der Waals surface area contributed by atoms with Gasteiger partial charge in [-0.15, -0.1) is 0 Å². The predicted molar refractivity (Wildman–Crippen MR) is 128 cm³/mol. The highest BCUT2D eigenvalue weighted by Crippen LogP contribution is 2.25. The number of hydrogen-bond acceptors (Lipinski definition) is 6. The summed E-state index contributed by atoms with van der Waals surface area (Å²) in [5.41, 5.74) is 0.235. The SMILES string of the molecule is CC(C)N1CC(C)N(CC(C)(C)N2CCN(CC(C)N3CCNCC3)CC2)C(C)C1. The third-order valence-electron chi connectivity index (χ3n) is 7.96. The van der Waals surface area contributed by atoms with Gasteiger partial charge >= 0.3 is 0 Å². The topological polar surface area (TPSA) is 28.2 Å². The highest BCUT2D eigenvalue weighted by molar-refractivity contribution is 4.94. The number of rotatable bonds is 7. The van der Waals surface area contributed by atoms with Crippen LogP contribution in [-0.2, 0) is 0 Å². The molecular weight excluding hydrogens is 372 g/mol. The average molecular weight is 423 g/mol. The summed E-state index contributed by atoms with van der Waals surface area (Å²) in [5.74, 6) is 0. The lowest BCUT2D eigenvalue weighted by Gasteiger charge is -2.52.